The fourth-order valence-electron chi connectivity index (χ4n) is 3.29. The van der Waals surface area contributed by atoms with Crippen LogP contribution in [0.5, 0.6) is 0 Å². The monoisotopic (exact) mass is 425 g/mol. The summed E-state index contributed by atoms with van der Waals surface area (Å²) in [5, 5.41) is 12.3. The van der Waals surface area contributed by atoms with Crippen molar-refractivity contribution in [2.24, 2.45) is 11.8 Å². The molecule has 6 nitrogen and oxygen atoms in total. The molecule has 2 N–H and O–H groups in total. The number of hydrogen-bond donors (Lipinski definition) is 2. The molecule has 1 amide bonds. The van der Waals surface area contributed by atoms with Crippen molar-refractivity contribution in [2.75, 3.05) is 0 Å². The molecule has 0 aliphatic rings. The number of Topliss-reactive ketones (excluding diaryl/α,β-unsaturated/α-hetero) is 1. The molecule has 6 heteroatoms. The summed E-state index contributed by atoms with van der Waals surface area (Å²) in [6, 6.07) is 16.0. The lowest BCUT2D eigenvalue weighted by Crippen LogP contribution is -2.43. The fourth-order valence-corrected chi connectivity index (χ4v) is 3.29. The molecule has 0 unspecified atom stereocenters. The second kappa shape index (κ2) is 11.9. The average molecular weight is 426 g/mol. The Morgan fingerprint density at radius 1 is 0.968 bits per heavy atom. The number of ether oxygens (including phenoxy) is 1. The molecule has 31 heavy (non-hydrogen) atoms. The van der Waals surface area contributed by atoms with Gasteiger partial charge in [-0.1, -0.05) is 74.0 Å². The van der Waals surface area contributed by atoms with Crippen LogP contribution in [0.15, 0.2) is 54.6 Å². The molecule has 166 valence electrons. The molecule has 0 radical (unpaired) electrons. The smallest absolute Gasteiger partial charge is 0.408 e. The number of carboxylic acid groups (broad SMARTS) is 1. The van der Waals surface area contributed by atoms with Gasteiger partial charge >= 0.3 is 12.1 Å². The first-order chi connectivity index (χ1) is 14.7. The fraction of sp³-hybridized carbons (Fsp3) is 0.400. The number of ketones is 1. The first-order valence-corrected chi connectivity index (χ1v) is 10.5. The molecule has 0 bridgehead atoms. The maximum Gasteiger partial charge on any atom is 0.408 e. The van der Waals surface area contributed by atoms with Gasteiger partial charge in [-0.05, 0) is 36.8 Å². The molecular weight excluding hydrogens is 394 g/mol. The van der Waals surface area contributed by atoms with Crippen LogP contribution in [0, 0.1) is 18.8 Å². The van der Waals surface area contributed by atoms with Crippen molar-refractivity contribution in [1.29, 1.82) is 0 Å². The predicted molar refractivity (Wildman–Crippen MR) is 119 cm³/mol. The number of alkyl carbamates (subject to hydrolysis) is 1. The lowest BCUT2D eigenvalue weighted by molar-refractivity contribution is -0.144. The second-order valence-corrected chi connectivity index (χ2v) is 8.28. The third-order valence-electron chi connectivity index (χ3n) is 5.00. The highest BCUT2D eigenvalue weighted by molar-refractivity contribution is 5.90. The summed E-state index contributed by atoms with van der Waals surface area (Å²) in [5.74, 6) is -2.04. The highest BCUT2D eigenvalue weighted by Gasteiger charge is 2.28. The largest absolute Gasteiger partial charge is 0.481 e. The molecule has 2 aromatic carbocycles. The van der Waals surface area contributed by atoms with Gasteiger partial charge in [0.05, 0.1) is 12.0 Å². The summed E-state index contributed by atoms with van der Waals surface area (Å²) in [6.45, 7) is 5.94. The van der Waals surface area contributed by atoms with Gasteiger partial charge in [-0.15, -0.1) is 0 Å². The van der Waals surface area contributed by atoms with Gasteiger partial charge in [-0.2, -0.15) is 0 Å². The topological polar surface area (TPSA) is 92.7 Å². The van der Waals surface area contributed by atoms with Gasteiger partial charge in [0.2, 0.25) is 0 Å². The zero-order chi connectivity index (χ0) is 22.8. The summed E-state index contributed by atoms with van der Waals surface area (Å²) in [7, 11) is 0. The van der Waals surface area contributed by atoms with Crippen LogP contribution < -0.4 is 5.32 Å². The standard InChI is InChI=1S/C25H31NO5/c1-17(2)13-22(26-25(30)31-16-20-7-5-4-6-8-20)23(27)15-21(24(28)29)14-19-11-9-18(3)10-12-19/h4-12,17,21-22H,13-16H2,1-3H3,(H,26,30)(H,28,29)/t21-,22+/m1/s1. The van der Waals surface area contributed by atoms with Crippen molar-refractivity contribution in [3.05, 3.63) is 71.3 Å². The number of aliphatic carboxylic acids is 1. The maximum atomic E-state index is 12.9. The van der Waals surface area contributed by atoms with Gasteiger partial charge < -0.3 is 15.2 Å². The van der Waals surface area contributed by atoms with Gasteiger partial charge in [-0.25, -0.2) is 4.79 Å². The average Bonchev–Trinajstić information content (AvgIpc) is 2.73. The van der Waals surface area contributed by atoms with E-state index in [1.165, 1.54) is 0 Å². The van der Waals surface area contributed by atoms with Crippen molar-refractivity contribution in [2.45, 2.75) is 52.7 Å². The normalized spacial score (nSPS) is 12.8. The number of benzene rings is 2. The van der Waals surface area contributed by atoms with Crippen LogP contribution in [0.2, 0.25) is 0 Å². The van der Waals surface area contributed by atoms with Crippen molar-refractivity contribution in [3.8, 4) is 0 Å². The Labute approximate surface area is 183 Å². The number of carbonyl (C=O) groups is 3. The van der Waals surface area contributed by atoms with E-state index in [0.29, 0.717) is 6.42 Å². The Balaban J connectivity index is 1.99. The summed E-state index contributed by atoms with van der Waals surface area (Å²) < 4.78 is 5.23. The second-order valence-electron chi connectivity index (χ2n) is 8.28. The third-order valence-corrected chi connectivity index (χ3v) is 5.00. The van der Waals surface area contributed by atoms with E-state index in [4.69, 9.17) is 4.74 Å². The van der Waals surface area contributed by atoms with Gasteiger partial charge in [-0.3, -0.25) is 9.59 Å². The quantitative estimate of drug-likeness (QED) is 0.551. The highest BCUT2D eigenvalue weighted by atomic mass is 16.5. The van der Waals surface area contributed by atoms with Crippen LogP contribution >= 0.6 is 0 Å². The molecule has 0 saturated heterocycles. The van der Waals surface area contributed by atoms with Crippen LogP contribution in [0.1, 0.15) is 43.4 Å². The number of rotatable bonds is 11. The Bertz CT molecular complexity index is 861. The van der Waals surface area contributed by atoms with E-state index in [9.17, 15) is 19.5 Å². The number of hydrogen-bond acceptors (Lipinski definition) is 4. The van der Waals surface area contributed by atoms with Crippen LogP contribution in [0.3, 0.4) is 0 Å². The van der Waals surface area contributed by atoms with Crippen LogP contribution in [0.25, 0.3) is 0 Å². The van der Waals surface area contributed by atoms with E-state index in [1.807, 2.05) is 75.4 Å². The van der Waals surface area contributed by atoms with Gasteiger partial charge in [0, 0.05) is 6.42 Å². The summed E-state index contributed by atoms with van der Waals surface area (Å²) in [4.78, 5) is 36.9. The molecule has 0 spiro atoms. The molecule has 0 aliphatic heterocycles. The Morgan fingerprint density at radius 2 is 1.61 bits per heavy atom. The van der Waals surface area contributed by atoms with E-state index in [2.05, 4.69) is 5.32 Å². The Kier molecular flexibility index (Phi) is 9.25. The number of carboxylic acids is 1. The zero-order valence-electron chi connectivity index (χ0n) is 18.3. The number of amides is 1. The molecule has 2 aromatic rings. The zero-order valence-corrected chi connectivity index (χ0v) is 18.3. The van der Waals surface area contributed by atoms with Crippen molar-refractivity contribution in [3.63, 3.8) is 0 Å². The first-order valence-electron chi connectivity index (χ1n) is 10.5. The number of nitrogens with one attached hydrogen (secondary N) is 1. The SMILES string of the molecule is Cc1ccc(C[C@H](CC(=O)[C@H](CC(C)C)NC(=O)OCc2ccccc2)C(=O)O)cc1. The predicted octanol–water partition coefficient (Wildman–Crippen LogP) is 4.54. The molecule has 2 atom stereocenters. The Morgan fingerprint density at radius 3 is 2.19 bits per heavy atom. The van der Waals surface area contributed by atoms with Crippen LogP contribution in [0.4, 0.5) is 4.79 Å². The van der Waals surface area contributed by atoms with E-state index >= 15 is 0 Å². The summed E-state index contributed by atoms with van der Waals surface area (Å²) in [5.41, 5.74) is 2.79. The minimum Gasteiger partial charge on any atom is -0.481 e. The van der Waals surface area contributed by atoms with E-state index in [0.717, 1.165) is 16.7 Å². The molecule has 0 heterocycles. The minimum atomic E-state index is -1.02. The molecular formula is C25H31NO5. The highest BCUT2D eigenvalue weighted by Crippen LogP contribution is 2.17. The van der Waals surface area contributed by atoms with Crippen molar-refractivity contribution in [1.82, 2.24) is 5.32 Å². The minimum absolute atomic E-state index is 0.0977. The van der Waals surface area contributed by atoms with E-state index < -0.39 is 24.0 Å². The van der Waals surface area contributed by atoms with Gasteiger partial charge in [0.25, 0.3) is 0 Å². The van der Waals surface area contributed by atoms with Crippen LogP contribution in [-0.2, 0) is 27.4 Å². The number of aryl methyl sites for hydroxylation is 1. The summed E-state index contributed by atoms with van der Waals surface area (Å²) in [6.07, 6.45) is -0.169. The number of carbonyl (C=O) groups excluding carboxylic acids is 2. The van der Waals surface area contributed by atoms with Gasteiger partial charge in [0.1, 0.15) is 6.61 Å². The molecule has 0 saturated carbocycles. The molecule has 0 fully saturated rings. The maximum absolute atomic E-state index is 12.9. The van der Waals surface area contributed by atoms with E-state index in [1.54, 1.807) is 0 Å². The Hall–Kier alpha value is -3.15. The lowest BCUT2D eigenvalue weighted by Gasteiger charge is -2.21. The van der Waals surface area contributed by atoms with Gasteiger partial charge in [0.15, 0.2) is 5.78 Å². The lowest BCUT2D eigenvalue weighted by atomic mass is 9.89. The van der Waals surface area contributed by atoms with Crippen molar-refractivity contribution < 1.29 is 24.2 Å². The molecule has 2 rings (SSSR count). The molecule has 0 aliphatic carbocycles. The van der Waals surface area contributed by atoms with Crippen molar-refractivity contribution >= 4 is 17.8 Å². The third kappa shape index (κ3) is 8.62. The molecule has 0 aromatic heterocycles. The first kappa shape index (κ1) is 24.1. The van der Waals surface area contributed by atoms with Crippen LogP contribution in [-0.4, -0.2) is 29.0 Å². The van der Waals surface area contributed by atoms with E-state index in [-0.39, 0.29) is 31.1 Å². The summed E-state index contributed by atoms with van der Waals surface area (Å²) >= 11 is 0.